The minimum absolute atomic E-state index is 0.0878. The molecule has 0 aliphatic heterocycles. The van der Waals surface area contributed by atoms with Gasteiger partial charge in [0.1, 0.15) is 0 Å². The van der Waals surface area contributed by atoms with Crippen LogP contribution in [-0.2, 0) is 27.1 Å². The van der Waals surface area contributed by atoms with Gasteiger partial charge in [0.15, 0.2) is 0 Å². The first-order valence-corrected chi connectivity index (χ1v) is 28.7. The Labute approximate surface area is 457 Å². The largest absolute Gasteiger partial charge is 0.338 e. The summed E-state index contributed by atoms with van der Waals surface area (Å²) in [4.78, 5) is 5.35. The van der Waals surface area contributed by atoms with E-state index in [1.807, 2.05) is 0 Å². The summed E-state index contributed by atoms with van der Waals surface area (Å²) in [6.45, 7) is 24.4. The van der Waals surface area contributed by atoms with E-state index in [0.717, 1.165) is 12.8 Å². The van der Waals surface area contributed by atoms with E-state index in [-0.39, 0.29) is 27.1 Å². The maximum Gasteiger partial charge on any atom is 0.0465 e. The molecule has 0 heterocycles. The molecular weight excluding hydrogens is 929 g/mol. The van der Waals surface area contributed by atoms with Crippen molar-refractivity contribution in [1.29, 1.82) is 0 Å². The molecule has 9 aromatic carbocycles. The molecule has 9 aromatic rings. The normalized spacial score (nSPS) is 20.8. The maximum absolute atomic E-state index is 2.79. The Hall–Kier alpha value is -7.42. The van der Waals surface area contributed by atoms with Crippen LogP contribution in [0, 0.1) is 5.92 Å². The number of hydrogen-bond donors (Lipinski definition) is 0. The molecule has 0 spiro atoms. The Balaban J connectivity index is 0.852. The Bertz CT molecular complexity index is 3880. The lowest BCUT2D eigenvalue weighted by atomic mass is 9.68. The van der Waals surface area contributed by atoms with Gasteiger partial charge in [-0.15, -0.1) is 0 Å². The van der Waals surface area contributed by atoms with Crippen LogP contribution >= 0.6 is 0 Å². The topological polar surface area (TPSA) is 6.48 Å². The number of hydrogen-bond acceptors (Lipinski definition) is 2. The monoisotopic (exact) mass is 999 g/mol. The standard InChI is InChI=1S/C75H70N2/c1-71(2)61-23-15-11-19-51(61)55-33-27-45(39-65(55)71)76(46-28-34-56-52-20-12-16-24-62(52)72(3,4)66(56)40-46)49-31-37-59-60-38-32-50(44-70(60)75(9,10)69(59)43-49)77(47-29-35-57-53-21-13-17-25-63(53)73(5,6)67(57)41-47)48-30-36-58-54-22-14-18-26-64(54)74(7,8)68(58)42-48/h11-29,31-35,37-41,43-44,48,58,68H,30,36,42H2,1-10H3. The van der Waals surface area contributed by atoms with Gasteiger partial charge in [-0.05, 0) is 197 Å². The van der Waals surface area contributed by atoms with Crippen molar-refractivity contribution in [2.75, 3.05) is 9.80 Å². The van der Waals surface area contributed by atoms with Crippen molar-refractivity contribution in [1.82, 2.24) is 0 Å². The van der Waals surface area contributed by atoms with Crippen molar-refractivity contribution in [2.24, 2.45) is 5.92 Å². The van der Waals surface area contributed by atoms with Crippen LogP contribution in [0.1, 0.15) is 150 Å². The molecule has 0 N–H and O–H groups in total. The van der Waals surface area contributed by atoms with E-state index in [9.17, 15) is 0 Å². The van der Waals surface area contributed by atoms with Crippen molar-refractivity contribution in [3.63, 3.8) is 0 Å². The fourth-order valence-corrected chi connectivity index (χ4v) is 16.7. The fourth-order valence-electron chi connectivity index (χ4n) is 16.7. The molecule has 15 rings (SSSR count). The van der Waals surface area contributed by atoms with Crippen LogP contribution in [0.2, 0.25) is 0 Å². The summed E-state index contributed by atoms with van der Waals surface area (Å²) in [7, 11) is 0. The number of fused-ring (bicyclic) bond motifs is 15. The van der Waals surface area contributed by atoms with Gasteiger partial charge >= 0.3 is 0 Å². The highest BCUT2D eigenvalue weighted by Crippen LogP contribution is 2.60. The second-order valence-corrected chi connectivity index (χ2v) is 26.5. The van der Waals surface area contributed by atoms with Gasteiger partial charge in [0.25, 0.3) is 0 Å². The molecule has 1 saturated carbocycles. The van der Waals surface area contributed by atoms with Crippen molar-refractivity contribution >= 4 is 28.4 Å². The summed E-state index contributed by atoms with van der Waals surface area (Å²) in [5.74, 6) is 1.18. The average Bonchev–Trinajstić information content (AvgIpc) is 4.27. The molecule has 6 aliphatic rings. The zero-order valence-corrected chi connectivity index (χ0v) is 46.6. The summed E-state index contributed by atoms with van der Waals surface area (Å²) < 4.78 is 0. The highest BCUT2D eigenvalue weighted by atomic mass is 15.2. The van der Waals surface area contributed by atoms with E-state index >= 15 is 0 Å². The molecule has 2 heteroatoms. The van der Waals surface area contributed by atoms with Gasteiger partial charge in [0.2, 0.25) is 0 Å². The quantitative estimate of drug-likeness (QED) is 0.164. The van der Waals surface area contributed by atoms with Gasteiger partial charge in [0, 0.05) is 56.1 Å². The summed E-state index contributed by atoms with van der Waals surface area (Å²) >= 11 is 0. The van der Waals surface area contributed by atoms with E-state index in [0.29, 0.717) is 17.9 Å². The molecule has 6 aliphatic carbocycles. The van der Waals surface area contributed by atoms with Crippen molar-refractivity contribution in [3.8, 4) is 44.5 Å². The third-order valence-corrected chi connectivity index (χ3v) is 20.8. The molecule has 3 atom stereocenters. The van der Waals surface area contributed by atoms with Crippen LogP contribution in [0.4, 0.5) is 28.4 Å². The van der Waals surface area contributed by atoms with Crippen LogP contribution in [0.3, 0.4) is 0 Å². The minimum atomic E-state index is -0.258. The molecule has 1 fully saturated rings. The van der Waals surface area contributed by atoms with E-state index in [1.54, 1.807) is 11.1 Å². The van der Waals surface area contributed by atoms with Crippen LogP contribution in [-0.4, -0.2) is 6.04 Å². The number of rotatable bonds is 6. The Kier molecular flexibility index (Phi) is 9.64. The molecule has 0 amide bonds. The van der Waals surface area contributed by atoms with Gasteiger partial charge in [-0.2, -0.15) is 0 Å². The minimum Gasteiger partial charge on any atom is -0.338 e. The van der Waals surface area contributed by atoms with Gasteiger partial charge in [-0.3, -0.25) is 0 Å². The molecule has 380 valence electrons. The van der Waals surface area contributed by atoms with Crippen molar-refractivity contribution in [2.45, 2.75) is 128 Å². The zero-order valence-electron chi connectivity index (χ0n) is 46.6. The van der Waals surface area contributed by atoms with Crippen molar-refractivity contribution in [3.05, 3.63) is 244 Å². The Morgan fingerprint density at radius 3 is 1.03 bits per heavy atom. The number of anilines is 5. The number of nitrogens with zero attached hydrogens (tertiary/aromatic N) is 2. The predicted octanol–water partition coefficient (Wildman–Crippen LogP) is 19.8. The van der Waals surface area contributed by atoms with Gasteiger partial charge in [-0.25, -0.2) is 0 Å². The molecule has 77 heavy (non-hydrogen) atoms. The van der Waals surface area contributed by atoms with Gasteiger partial charge in [-0.1, -0.05) is 197 Å². The summed E-state index contributed by atoms with van der Waals surface area (Å²) in [6.07, 6.45) is 3.52. The smallest absolute Gasteiger partial charge is 0.0465 e. The molecule has 0 aromatic heterocycles. The number of benzene rings is 9. The Morgan fingerprint density at radius 1 is 0.312 bits per heavy atom. The van der Waals surface area contributed by atoms with Gasteiger partial charge < -0.3 is 9.80 Å². The lowest BCUT2D eigenvalue weighted by Gasteiger charge is -2.44. The highest BCUT2D eigenvalue weighted by molar-refractivity contribution is 5.91. The van der Waals surface area contributed by atoms with Crippen molar-refractivity contribution < 1.29 is 0 Å². The first-order chi connectivity index (χ1) is 37.0. The molecule has 0 saturated heterocycles. The predicted molar refractivity (Wildman–Crippen MR) is 323 cm³/mol. The Morgan fingerprint density at radius 2 is 0.623 bits per heavy atom. The van der Waals surface area contributed by atoms with Crippen LogP contribution in [0.25, 0.3) is 44.5 Å². The summed E-state index contributed by atoms with van der Waals surface area (Å²) in [6, 6.07) is 73.7. The zero-order chi connectivity index (χ0) is 52.7. The molecule has 0 radical (unpaired) electrons. The SMILES string of the molecule is CC1(C)c2ccccc2-c2ccc(N(c3ccc4c(c3)C(C)(C)c3ccccc3-4)c3ccc4c(c3)C(C)(C)c3cc(N(c5ccc6c(c5)C(C)(C)c5ccccc5-6)C5CCC6c7ccccc7C(C)(C)C6C5)ccc3-4)cc21. The molecule has 0 bridgehead atoms. The second-order valence-electron chi connectivity index (χ2n) is 26.5. The summed E-state index contributed by atoms with van der Waals surface area (Å²) in [5.41, 5.74) is 30.9. The van der Waals surface area contributed by atoms with Crippen LogP contribution in [0.5, 0.6) is 0 Å². The lowest BCUT2D eigenvalue weighted by molar-refractivity contribution is 0.213. The third-order valence-electron chi connectivity index (χ3n) is 20.8. The summed E-state index contributed by atoms with van der Waals surface area (Å²) in [5, 5.41) is 0. The van der Waals surface area contributed by atoms with E-state index in [4.69, 9.17) is 0 Å². The average molecular weight is 999 g/mol. The molecular formula is C75H70N2. The molecule has 2 nitrogen and oxygen atoms in total. The maximum atomic E-state index is 2.79. The highest BCUT2D eigenvalue weighted by Gasteiger charge is 2.50. The second kappa shape index (κ2) is 15.8. The fraction of sp³-hybridized carbons (Fsp3) is 0.280. The third kappa shape index (κ3) is 6.36. The van der Waals surface area contributed by atoms with Crippen LogP contribution < -0.4 is 9.80 Å². The lowest BCUT2D eigenvalue weighted by Crippen LogP contribution is -2.41. The first kappa shape index (κ1) is 46.8. The van der Waals surface area contributed by atoms with E-state index < -0.39 is 0 Å². The van der Waals surface area contributed by atoms with Gasteiger partial charge in [0.05, 0.1) is 0 Å². The van der Waals surface area contributed by atoms with Crippen LogP contribution in [0.15, 0.2) is 188 Å². The van der Waals surface area contributed by atoms with E-state index in [1.165, 1.54) is 124 Å². The van der Waals surface area contributed by atoms with E-state index in [2.05, 4.69) is 267 Å². The first-order valence-electron chi connectivity index (χ1n) is 28.7. The molecule has 3 unspecified atom stereocenters.